The Balaban J connectivity index is 1.29. The van der Waals surface area contributed by atoms with Crippen LogP contribution in [-0.2, 0) is 26.2 Å². The first-order valence-electron chi connectivity index (χ1n) is 12.0. The molecule has 0 spiro atoms. The Morgan fingerprint density at radius 2 is 1.74 bits per heavy atom. The van der Waals surface area contributed by atoms with E-state index in [1.54, 1.807) is 0 Å². The Morgan fingerprint density at radius 3 is 2.47 bits per heavy atom. The lowest BCUT2D eigenvalue weighted by atomic mass is 9.95. The Hall–Kier alpha value is -2.66. The van der Waals surface area contributed by atoms with E-state index in [0.29, 0.717) is 18.6 Å². The van der Waals surface area contributed by atoms with E-state index in [1.165, 1.54) is 33.5 Å². The van der Waals surface area contributed by atoms with Gasteiger partial charge in [0.15, 0.2) is 5.58 Å². The number of carbonyl (C=O) groups excluding carboxylic acids is 2. The van der Waals surface area contributed by atoms with E-state index in [9.17, 15) is 22.8 Å². The number of fused-ring (bicyclic) bond motifs is 1. The van der Waals surface area contributed by atoms with Crippen molar-refractivity contribution in [3.8, 4) is 0 Å². The third kappa shape index (κ3) is 5.69. The average molecular weight is 493 g/mol. The van der Waals surface area contributed by atoms with E-state index >= 15 is 0 Å². The summed E-state index contributed by atoms with van der Waals surface area (Å²) in [5.74, 6) is -0.991. The minimum absolute atomic E-state index is 0.0343. The van der Waals surface area contributed by atoms with E-state index in [2.05, 4.69) is 10.6 Å². The summed E-state index contributed by atoms with van der Waals surface area (Å²) in [6.07, 6.45) is 7.43. The fourth-order valence-corrected chi connectivity index (χ4v) is 6.19. The topological polar surface area (TPSA) is 131 Å². The molecule has 2 amide bonds. The molecule has 34 heavy (non-hydrogen) atoms. The molecule has 0 atom stereocenters. The first kappa shape index (κ1) is 24.5. The summed E-state index contributed by atoms with van der Waals surface area (Å²) in [4.78, 5) is 36.7. The van der Waals surface area contributed by atoms with E-state index in [1.807, 2.05) is 0 Å². The second-order valence-electron chi connectivity index (χ2n) is 9.01. The molecule has 10 nitrogen and oxygen atoms in total. The van der Waals surface area contributed by atoms with Gasteiger partial charge >= 0.3 is 5.76 Å². The maximum Gasteiger partial charge on any atom is 0.419 e. The first-order chi connectivity index (χ1) is 16.3. The van der Waals surface area contributed by atoms with E-state index in [0.717, 1.165) is 38.5 Å². The number of aromatic nitrogens is 1. The van der Waals surface area contributed by atoms with Gasteiger partial charge in [0, 0.05) is 51.1 Å². The van der Waals surface area contributed by atoms with Gasteiger partial charge in [0.2, 0.25) is 21.8 Å². The van der Waals surface area contributed by atoms with Gasteiger partial charge in [-0.25, -0.2) is 13.2 Å². The van der Waals surface area contributed by atoms with Crippen LogP contribution in [0.4, 0.5) is 0 Å². The van der Waals surface area contributed by atoms with E-state index in [-0.39, 0.29) is 54.3 Å². The number of nitrogens with one attached hydrogen (secondary N) is 2. The summed E-state index contributed by atoms with van der Waals surface area (Å²) >= 11 is 0. The van der Waals surface area contributed by atoms with Crippen molar-refractivity contribution in [1.29, 1.82) is 0 Å². The molecule has 0 unspecified atom stereocenters. The maximum absolute atomic E-state index is 12.8. The molecule has 1 aliphatic carbocycles. The lowest BCUT2D eigenvalue weighted by Crippen LogP contribution is -2.38. The zero-order chi connectivity index (χ0) is 24.1. The Morgan fingerprint density at radius 1 is 1.00 bits per heavy atom. The lowest BCUT2D eigenvalue weighted by Gasteiger charge is -2.22. The van der Waals surface area contributed by atoms with Crippen LogP contribution < -0.4 is 16.4 Å². The zero-order valence-corrected chi connectivity index (χ0v) is 20.1. The van der Waals surface area contributed by atoms with Crippen LogP contribution >= 0.6 is 0 Å². The highest BCUT2D eigenvalue weighted by Gasteiger charge is 2.28. The Bertz CT molecular complexity index is 1190. The number of amides is 2. The molecule has 2 heterocycles. The zero-order valence-electron chi connectivity index (χ0n) is 19.3. The fourth-order valence-electron chi connectivity index (χ4n) is 4.66. The monoisotopic (exact) mass is 492 g/mol. The number of carbonyl (C=O) groups is 2. The van der Waals surface area contributed by atoms with Crippen molar-refractivity contribution in [2.75, 3.05) is 19.6 Å². The minimum atomic E-state index is -3.62. The van der Waals surface area contributed by atoms with Crippen molar-refractivity contribution in [3.63, 3.8) is 0 Å². The van der Waals surface area contributed by atoms with Crippen molar-refractivity contribution >= 4 is 32.9 Å². The highest BCUT2D eigenvalue weighted by Crippen LogP contribution is 2.24. The van der Waals surface area contributed by atoms with Crippen LogP contribution in [0.25, 0.3) is 11.1 Å². The number of rotatable bonds is 9. The van der Waals surface area contributed by atoms with Crippen LogP contribution in [0.5, 0.6) is 0 Å². The highest BCUT2D eigenvalue weighted by molar-refractivity contribution is 7.89. The number of hydrogen-bond donors (Lipinski definition) is 2. The predicted molar refractivity (Wildman–Crippen MR) is 126 cm³/mol. The van der Waals surface area contributed by atoms with Crippen molar-refractivity contribution in [2.24, 2.45) is 0 Å². The predicted octanol–water partition coefficient (Wildman–Crippen LogP) is 1.72. The van der Waals surface area contributed by atoms with Gasteiger partial charge in [-0.1, -0.05) is 19.3 Å². The van der Waals surface area contributed by atoms with Crippen LogP contribution in [0.2, 0.25) is 0 Å². The normalized spacial score (nSPS) is 17.8. The third-order valence-corrected chi connectivity index (χ3v) is 8.44. The molecule has 2 N–H and O–H groups in total. The smallest absolute Gasteiger partial charge is 0.408 e. The van der Waals surface area contributed by atoms with Crippen LogP contribution in [0.15, 0.2) is 32.3 Å². The molecule has 1 aromatic carbocycles. The molecule has 0 bridgehead atoms. The Kier molecular flexibility index (Phi) is 7.72. The largest absolute Gasteiger partial charge is 0.419 e. The first-order valence-corrected chi connectivity index (χ1v) is 13.5. The standard InChI is InChI=1S/C23H32N4O6S/c28-21(24-12-10-22(29)25-17-6-2-1-3-7-17)11-15-27-19-9-8-18(16-20(19)33-23(27)30)34(31,32)26-13-4-5-14-26/h8-9,16-17H,1-7,10-15H2,(H,24,28)(H,25,29). The molecule has 0 radical (unpaired) electrons. The molecular formula is C23H32N4O6S. The van der Waals surface area contributed by atoms with Crippen LogP contribution in [0, 0.1) is 0 Å². The average Bonchev–Trinajstić information content (AvgIpc) is 3.46. The molecule has 1 aromatic heterocycles. The van der Waals surface area contributed by atoms with Crippen LogP contribution in [-0.4, -0.2) is 54.8 Å². The molecule has 1 saturated heterocycles. The molecule has 1 aliphatic heterocycles. The van der Waals surface area contributed by atoms with Crippen molar-refractivity contribution in [1.82, 2.24) is 19.5 Å². The number of oxazole rings is 1. The van der Waals surface area contributed by atoms with Crippen molar-refractivity contribution in [2.45, 2.75) is 75.3 Å². The molecule has 2 fully saturated rings. The summed E-state index contributed by atoms with van der Waals surface area (Å²) in [6.45, 7) is 1.30. The second-order valence-corrected chi connectivity index (χ2v) is 11.0. The SMILES string of the molecule is O=C(CCn1c(=O)oc2cc(S(=O)(=O)N3CCCC3)ccc21)NCCC(=O)NC1CCCCC1. The fraction of sp³-hybridized carbons (Fsp3) is 0.609. The van der Waals surface area contributed by atoms with Crippen LogP contribution in [0.1, 0.15) is 57.8 Å². The molecule has 2 aliphatic rings. The summed E-state index contributed by atoms with van der Waals surface area (Å²) in [6, 6.07) is 4.61. The molecule has 11 heteroatoms. The molecule has 2 aromatic rings. The molecule has 186 valence electrons. The summed E-state index contributed by atoms with van der Waals surface area (Å²) < 4.78 is 33.5. The van der Waals surface area contributed by atoms with E-state index < -0.39 is 15.8 Å². The second kappa shape index (κ2) is 10.7. The van der Waals surface area contributed by atoms with Gasteiger partial charge < -0.3 is 15.1 Å². The lowest BCUT2D eigenvalue weighted by molar-refractivity contribution is -0.122. The van der Waals surface area contributed by atoms with Crippen LogP contribution in [0.3, 0.4) is 0 Å². The number of aryl methyl sites for hydroxylation is 1. The Labute approximate surface area is 198 Å². The summed E-state index contributed by atoms with van der Waals surface area (Å²) in [5, 5.41) is 5.72. The maximum atomic E-state index is 12.8. The van der Waals surface area contributed by atoms with Gasteiger partial charge in [-0.15, -0.1) is 0 Å². The van der Waals surface area contributed by atoms with E-state index in [4.69, 9.17) is 4.42 Å². The van der Waals surface area contributed by atoms with Gasteiger partial charge in [0.25, 0.3) is 0 Å². The third-order valence-electron chi connectivity index (χ3n) is 6.55. The number of hydrogen-bond acceptors (Lipinski definition) is 6. The quantitative estimate of drug-likeness (QED) is 0.548. The van der Waals surface area contributed by atoms with Gasteiger partial charge in [-0.2, -0.15) is 4.31 Å². The number of sulfonamides is 1. The summed E-state index contributed by atoms with van der Waals surface area (Å²) in [7, 11) is -3.62. The van der Waals surface area contributed by atoms with Gasteiger partial charge in [-0.05, 0) is 37.8 Å². The molecule has 4 rings (SSSR count). The van der Waals surface area contributed by atoms with Crippen molar-refractivity contribution in [3.05, 3.63) is 28.7 Å². The van der Waals surface area contributed by atoms with Gasteiger partial charge in [-0.3, -0.25) is 14.2 Å². The number of benzene rings is 1. The molecule has 1 saturated carbocycles. The minimum Gasteiger partial charge on any atom is -0.408 e. The van der Waals surface area contributed by atoms with Gasteiger partial charge in [0.05, 0.1) is 10.4 Å². The van der Waals surface area contributed by atoms with Crippen molar-refractivity contribution < 1.29 is 22.4 Å². The highest BCUT2D eigenvalue weighted by atomic mass is 32.2. The molecular weight excluding hydrogens is 460 g/mol. The summed E-state index contributed by atoms with van der Waals surface area (Å²) in [5.41, 5.74) is 0.607. The van der Waals surface area contributed by atoms with Gasteiger partial charge in [0.1, 0.15) is 0 Å². The number of nitrogens with zero attached hydrogens (tertiary/aromatic N) is 2.